The molecule has 0 aromatic heterocycles. The summed E-state index contributed by atoms with van der Waals surface area (Å²) in [5.41, 5.74) is 1.81. The van der Waals surface area contributed by atoms with E-state index in [-0.39, 0.29) is 6.61 Å². The molecule has 1 saturated heterocycles. The number of anilines is 1. The molecule has 1 aliphatic rings. The fourth-order valence-electron chi connectivity index (χ4n) is 2.15. The van der Waals surface area contributed by atoms with E-state index in [0.29, 0.717) is 12.7 Å². The maximum atomic E-state index is 9.32. The van der Waals surface area contributed by atoms with Crippen molar-refractivity contribution < 1.29 is 14.6 Å². The Hall–Kier alpha value is -1.26. The largest absolute Gasteiger partial charge is 0.494 e. The minimum absolute atomic E-state index is 0.00914. The molecule has 0 aliphatic carbocycles. The zero-order valence-electron chi connectivity index (χ0n) is 10.8. The Balaban J connectivity index is 1.95. The third kappa shape index (κ3) is 3.37. The molecule has 0 saturated carbocycles. The second-order valence-corrected chi connectivity index (χ2v) is 4.43. The van der Waals surface area contributed by atoms with E-state index in [9.17, 15) is 5.11 Å². The molecule has 0 bridgehead atoms. The Morgan fingerprint density at radius 2 is 2.39 bits per heavy atom. The van der Waals surface area contributed by atoms with Gasteiger partial charge < -0.3 is 19.9 Å². The van der Waals surface area contributed by atoms with E-state index in [1.54, 1.807) is 0 Å². The number of ether oxygens (including phenoxy) is 2. The molecule has 1 unspecified atom stereocenters. The van der Waals surface area contributed by atoms with Gasteiger partial charge in [0.05, 0.1) is 19.3 Å². The van der Waals surface area contributed by atoms with Crippen LogP contribution in [-0.2, 0) is 11.3 Å². The van der Waals surface area contributed by atoms with Gasteiger partial charge in [-0.05, 0) is 38.0 Å². The Kier molecular flexibility index (Phi) is 4.84. The molecule has 100 valence electrons. The molecule has 2 N–H and O–H groups in total. The molecule has 4 heteroatoms. The monoisotopic (exact) mass is 251 g/mol. The predicted octanol–water partition coefficient (Wildman–Crippen LogP) is 2.17. The summed E-state index contributed by atoms with van der Waals surface area (Å²) in [7, 11) is 0. The molecule has 0 amide bonds. The Bertz CT molecular complexity index is 375. The third-order valence-corrected chi connectivity index (χ3v) is 3.09. The van der Waals surface area contributed by atoms with Crippen LogP contribution in [0.25, 0.3) is 0 Å². The summed E-state index contributed by atoms with van der Waals surface area (Å²) < 4.78 is 11.0. The Morgan fingerprint density at radius 3 is 3.06 bits per heavy atom. The maximum Gasteiger partial charge on any atom is 0.124 e. The van der Waals surface area contributed by atoms with Crippen molar-refractivity contribution in [3.63, 3.8) is 0 Å². The molecule has 0 spiro atoms. The van der Waals surface area contributed by atoms with Crippen LogP contribution in [0.1, 0.15) is 25.3 Å². The smallest absolute Gasteiger partial charge is 0.124 e. The van der Waals surface area contributed by atoms with Crippen molar-refractivity contribution in [3.8, 4) is 5.75 Å². The lowest BCUT2D eigenvalue weighted by molar-refractivity contribution is 0.120. The highest BCUT2D eigenvalue weighted by molar-refractivity contribution is 5.51. The quantitative estimate of drug-likeness (QED) is 0.813. The summed E-state index contributed by atoms with van der Waals surface area (Å²) in [5, 5.41) is 12.7. The molecule has 1 aliphatic heterocycles. The standard InChI is InChI=1S/C14H21NO3/c1-2-17-14-6-5-12(8-11(14)10-16)15-9-13-4-3-7-18-13/h5-6,8,13,15-16H,2-4,7,9-10H2,1H3. The zero-order chi connectivity index (χ0) is 12.8. The van der Waals surface area contributed by atoms with Gasteiger partial charge in [-0.1, -0.05) is 0 Å². The van der Waals surface area contributed by atoms with Crippen LogP contribution in [-0.4, -0.2) is 31.0 Å². The lowest BCUT2D eigenvalue weighted by Gasteiger charge is -2.14. The van der Waals surface area contributed by atoms with Gasteiger partial charge in [-0.15, -0.1) is 0 Å². The van der Waals surface area contributed by atoms with Crippen LogP contribution >= 0.6 is 0 Å². The maximum absolute atomic E-state index is 9.32. The van der Waals surface area contributed by atoms with E-state index < -0.39 is 0 Å². The highest BCUT2D eigenvalue weighted by Crippen LogP contribution is 2.23. The van der Waals surface area contributed by atoms with Crippen LogP contribution in [0.15, 0.2) is 18.2 Å². The van der Waals surface area contributed by atoms with Crippen LogP contribution < -0.4 is 10.1 Å². The number of benzene rings is 1. The van der Waals surface area contributed by atoms with Gasteiger partial charge in [0.1, 0.15) is 5.75 Å². The fourth-order valence-corrected chi connectivity index (χ4v) is 2.15. The van der Waals surface area contributed by atoms with E-state index in [1.807, 2.05) is 25.1 Å². The second-order valence-electron chi connectivity index (χ2n) is 4.43. The van der Waals surface area contributed by atoms with Crippen molar-refractivity contribution in [3.05, 3.63) is 23.8 Å². The Morgan fingerprint density at radius 1 is 1.50 bits per heavy atom. The Labute approximate surface area is 108 Å². The van der Waals surface area contributed by atoms with Crippen LogP contribution in [0.5, 0.6) is 5.75 Å². The number of hydrogen-bond donors (Lipinski definition) is 2. The molecule has 1 aromatic carbocycles. The van der Waals surface area contributed by atoms with Gasteiger partial charge in [0.2, 0.25) is 0 Å². The van der Waals surface area contributed by atoms with Crippen LogP contribution in [0, 0.1) is 0 Å². The molecular formula is C14H21NO3. The lowest BCUT2D eigenvalue weighted by atomic mass is 10.1. The summed E-state index contributed by atoms with van der Waals surface area (Å²) in [5.74, 6) is 0.752. The third-order valence-electron chi connectivity index (χ3n) is 3.09. The molecule has 18 heavy (non-hydrogen) atoms. The van der Waals surface area contributed by atoms with Gasteiger partial charge in [0.15, 0.2) is 0 Å². The summed E-state index contributed by atoms with van der Waals surface area (Å²) in [4.78, 5) is 0. The highest BCUT2D eigenvalue weighted by atomic mass is 16.5. The van der Waals surface area contributed by atoms with Crippen molar-refractivity contribution in [1.29, 1.82) is 0 Å². The van der Waals surface area contributed by atoms with Crippen molar-refractivity contribution in [2.24, 2.45) is 0 Å². The average Bonchev–Trinajstić information content (AvgIpc) is 2.91. The van der Waals surface area contributed by atoms with E-state index in [0.717, 1.165) is 43.0 Å². The van der Waals surface area contributed by atoms with Crippen LogP contribution in [0.2, 0.25) is 0 Å². The minimum Gasteiger partial charge on any atom is -0.494 e. The molecule has 2 rings (SSSR count). The number of aliphatic hydroxyl groups excluding tert-OH is 1. The molecular weight excluding hydrogens is 230 g/mol. The van der Waals surface area contributed by atoms with Gasteiger partial charge in [-0.2, -0.15) is 0 Å². The van der Waals surface area contributed by atoms with Crippen molar-refractivity contribution >= 4 is 5.69 Å². The van der Waals surface area contributed by atoms with Crippen LogP contribution in [0.4, 0.5) is 5.69 Å². The van der Waals surface area contributed by atoms with Gasteiger partial charge in [-0.3, -0.25) is 0 Å². The molecule has 0 radical (unpaired) electrons. The minimum atomic E-state index is -0.00914. The molecule has 1 heterocycles. The number of aliphatic hydroxyl groups is 1. The van der Waals surface area contributed by atoms with Crippen LogP contribution in [0.3, 0.4) is 0 Å². The van der Waals surface area contributed by atoms with E-state index in [2.05, 4.69) is 5.32 Å². The van der Waals surface area contributed by atoms with E-state index in [1.165, 1.54) is 0 Å². The SMILES string of the molecule is CCOc1ccc(NCC2CCCO2)cc1CO. The zero-order valence-corrected chi connectivity index (χ0v) is 10.8. The highest BCUT2D eigenvalue weighted by Gasteiger charge is 2.15. The lowest BCUT2D eigenvalue weighted by Crippen LogP contribution is -2.18. The average molecular weight is 251 g/mol. The molecule has 1 aromatic rings. The topological polar surface area (TPSA) is 50.7 Å². The number of hydrogen-bond acceptors (Lipinski definition) is 4. The number of rotatable bonds is 6. The van der Waals surface area contributed by atoms with Crippen molar-refractivity contribution in [2.45, 2.75) is 32.5 Å². The molecule has 4 nitrogen and oxygen atoms in total. The van der Waals surface area contributed by atoms with Gasteiger partial charge in [-0.25, -0.2) is 0 Å². The normalized spacial score (nSPS) is 18.9. The summed E-state index contributed by atoms with van der Waals surface area (Å²) in [6, 6.07) is 5.80. The van der Waals surface area contributed by atoms with E-state index >= 15 is 0 Å². The first-order chi connectivity index (χ1) is 8.83. The van der Waals surface area contributed by atoms with Gasteiger partial charge in [0.25, 0.3) is 0 Å². The van der Waals surface area contributed by atoms with E-state index in [4.69, 9.17) is 9.47 Å². The molecule has 1 fully saturated rings. The fraction of sp³-hybridized carbons (Fsp3) is 0.571. The second kappa shape index (κ2) is 6.61. The summed E-state index contributed by atoms with van der Waals surface area (Å²) >= 11 is 0. The first-order valence-electron chi connectivity index (χ1n) is 6.55. The summed E-state index contributed by atoms with van der Waals surface area (Å²) in [6.07, 6.45) is 2.59. The van der Waals surface area contributed by atoms with Crippen molar-refractivity contribution in [1.82, 2.24) is 0 Å². The van der Waals surface area contributed by atoms with Crippen molar-refractivity contribution in [2.75, 3.05) is 25.1 Å². The first-order valence-corrected chi connectivity index (χ1v) is 6.55. The van der Waals surface area contributed by atoms with Gasteiger partial charge in [0, 0.05) is 24.4 Å². The van der Waals surface area contributed by atoms with Gasteiger partial charge >= 0.3 is 0 Å². The molecule has 1 atom stereocenters. The number of nitrogens with one attached hydrogen (secondary N) is 1. The first kappa shape index (κ1) is 13.2. The predicted molar refractivity (Wildman–Crippen MR) is 71.0 cm³/mol. The summed E-state index contributed by atoms with van der Waals surface area (Å²) in [6.45, 7) is 4.22.